The maximum absolute atomic E-state index is 15.9. The number of unbranched alkanes of at least 4 members (excludes halogenated alkanes) is 32. The number of hydrogen-bond acceptors (Lipinski definition) is 6. The Morgan fingerprint density at radius 3 is 0.963 bits per heavy atom. The molecule has 0 aliphatic carbocycles. The summed E-state index contributed by atoms with van der Waals surface area (Å²) in [4.78, 5) is 45.8. The van der Waals surface area contributed by atoms with Gasteiger partial charge in [-0.25, -0.2) is 0 Å². The first-order chi connectivity index (χ1) is 40.3. The normalized spacial score (nSPS) is 14.6. The molecule has 6 heterocycles. The molecule has 4 aromatic heterocycles. The quantitative estimate of drug-likeness (QED) is 0.0414. The summed E-state index contributed by atoms with van der Waals surface area (Å²) in [6, 6.07) is 17.8. The van der Waals surface area contributed by atoms with Crippen molar-refractivity contribution in [1.82, 2.24) is 9.80 Å². The van der Waals surface area contributed by atoms with E-state index in [4.69, 9.17) is 0 Å². The lowest BCUT2D eigenvalue weighted by Gasteiger charge is -2.29. The summed E-state index contributed by atoms with van der Waals surface area (Å²) in [6.07, 6.45) is 56.6. The van der Waals surface area contributed by atoms with Crippen molar-refractivity contribution in [1.29, 1.82) is 0 Å². The van der Waals surface area contributed by atoms with Crippen molar-refractivity contribution in [2.24, 2.45) is 11.8 Å². The van der Waals surface area contributed by atoms with Crippen LogP contribution in [0.25, 0.3) is 33.3 Å². The second kappa shape index (κ2) is 40.4. The van der Waals surface area contributed by atoms with Crippen LogP contribution >= 0.6 is 45.3 Å². The maximum Gasteiger partial charge on any atom is 0.261 e. The van der Waals surface area contributed by atoms with Crippen molar-refractivity contribution in [2.75, 3.05) is 13.1 Å². The third kappa shape index (κ3) is 23.3. The third-order valence-electron chi connectivity index (χ3n) is 17.8. The van der Waals surface area contributed by atoms with Crippen LogP contribution in [-0.4, -0.2) is 34.7 Å². The lowest BCUT2D eigenvalue weighted by Crippen LogP contribution is -2.34. The molecule has 0 saturated carbocycles. The Labute approximate surface area is 518 Å². The first kappa shape index (κ1) is 68.1. The number of hydrogen-bond donors (Lipinski definition) is 0. The van der Waals surface area contributed by atoms with E-state index < -0.39 is 0 Å². The highest BCUT2D eigenvalue weighted by molar-refractivity contribution is 7.23. The number of rotatable bonds is 49. The summed E-state index contributed by atoms with van der Waals surface area (Å²) in [5.74, 6) is 0.909. The number of aryl methyl sites for hydroxylation is 2. The van der Waals surface area contributed by atoms with Crippen LogP contribution in [0.2, 0.25) is 0 Å². The Hall–Kier alpha value is -3.04. The van der Waals surface area contributed by atoms with Gasteiger partial charge < -0.3 is 9.80 Å². The van der Waals surface area contributed by atoms with Gasteiger partial charge in [-0.2, -0.15) is 0 Å². The lowest BCUT2D eigenvalue weighted by atomic mass is 9.93. The van der Waals surface area contributed by atoms with Crippen molar-refractivity contribution in [3.63, 3.8) is 0 Å². The van der Waals surface area contributed by atoms with Gasteiger partial charge in [-0.15, -0.1) is 45.3 Å². The van der Waals surface area contributed by atoms with Crippen molar-refractivity contribution in [3.05, 3.63) is 88.9 Å². The zero-order valence-corrected chi connectivity index (χ0v) is 56.2. The third-order valence-corrected chi connectivity index (χ3v) is 22.1. The van der Waals surface area contributed by atoms with E-state index in [1.54, 1.807) is 22.7 Å². The van der Waals surface area contributed by atoms with Gasteiger partial charge in [-0.3, -0.25) is 9.59 Å². The largest absolute Gasteiger partial charge is 0.306 e. The summed E-state index contributed by atoms with van der Waals surface area (Å²) in [5.41, 5.74) is 3.14. The van der Waals surface area contributed by atoms with Crippen molar-refractivity contribution < 1.29 is 9.59 Å². The molecule has 0 saturated heterocycles. The fourth-order valence-electron chi connectivity index (χ4n) is 12.8. The Morgan fingerprint density at radius 2 is 0.610 bits per heavy atom. The average Bonchev–Trinajstić information content (AvgIpc) is 4.47. The van der Waals surface area contributed by atoms with Crippen LogP contribution in [0.3, 0.4) is 0 Å². The summed E-state index contributed by atoms with van der Waals surface area (Å²) < 4.78 is 0. The molecule has 0 radical (unpaired) electrons. The molecular weight excluding hydrogens is 1080 g/mol. The van der Waals surface area contributed by atoms with Gasteiger partial charge in [0.25, 0.3) is 11.8 Å². The minimum Gasteiger partial charge on any atom is -0.306 e. The van der Waals surface area contributed by atoms with Gasteiger partial charge in [0.2, 0.25) is 0 Å². The molecule has 8 heteroatoms. The molecule has 4 aromatic rings. The second-order valence-electron chi connectivity index (χ2n) is 25.0. The van der Waals surface area contributed by atoms with E-state index in [2.05, 4.69) is 112 Å². The van der Waals surface area contributed by atoms with Crippen LogP contribution in [0.1, 0.15) is 314 Å². The molecule has 2 aliphatic heterocycles. The number of carbonyl (C=O) groups excluding carboxylic acids is 2. The molecule has 6 rings (SSSR count). The van der Waals surface area contributed by atoms with Crippen LogP contribution in [0, 0.1) is 25.7 Å². The van der Waals surface area contributed by atoms with E-state index in [1.165, 1.54) is 260 Å². The molecule has 2 aliphatic rings. The van der Waals surface area contributed by atoms with Gasteiger partial charge >= 0.3 is 0 Å². The van der Waals surface area contributed by atoms with Crippen molar-refractivity contribution >= 4 is 80.7 Å². The first-order valence-corrected chi connectivity index (χ1v) is 37.7. The standard InChI is InChI=1S/C74H114N2O2S4/c1-7-11-15-19-23-27-29-33-37-41-44-61(43-39-35-31-25-21-17-13-9-3)57-75-71(67-53-48-60(6)80-67)69-70(74(75)78)72(68-56-55-66(82-68)65-54-52-64(81-65)51-50-63-49-47-59(5)79-63)76(73(69)77)58-62(45-40-36-32-26-22-18-14-10-4)46-42-38-34-30-28-24-20-16-12-8-2/h47-56,61-62H,7-46,57-58H2,1-6H3/b51-50+. The molecule has 0 bridgehead atoms. The fraction of sp³-hybridized carbons (Fsp3) is 0.676. The molecule has 0 aromatic carbocycles. The highest BCUT2D eigenvalue weighted by Crippen LogP contribution is 2.51. The van der Waals surface area contributed by atoms with Crippen molar-refractivity contribution in [3.8, 4) is 9.75 Å². The highest BCUT2D eigenvalue weighted by Gasteiger charge is 2.50. The monoisotopic (exact) mass is 1190 g/mol. The molecule has 4 nitrogen and oxygen atoms in total. The van der Waals surface area contributed by atoms with Gasteiger partial charge in [0.15, 0.2) is 0 Å². The molecule has 2 unspecified atom stereocenters. The number of nitrogens with zero attached hydrogens (tertiary/aromatic N) is 2. The predicted octanol–water partition coefficient (Wildman–Crippen LogP) is 25.1. The minimum atomic E-state index is 0.0579. The minimum absolute atomic E-state index is 0.0579. The molecular formula is C74H114N2O2S4. The zero-order chi connectivity index (χ0) is 58.0. The van der Waals surface area contributed by atoms with Crippen molar-refractivity contribution in [2.45, 2.75) is 298 Å². The molecule has 0 N–H and O–H groups in total. The van der Waals surface area contributed by atoms with Crippen LogP contribution in [0.15, 0.2) is 59.7 Å². The number of thiophene rings is 4. The molecule has 0 fully saturated rings. The molecule has 0 spiro atoms. The molecule has 2 amide bonds. The number of amides is 2. The average molecular weight is 1190 g/mol. The van der Waals surface area contributed by atoms with Gasteiger partial charge in [0.05, 0.1) is 32.3 Å². The van der Waals surface area contributed by atoms with Crippen LogP contribution in [-0.2, 0) is 9.59 Å². The first-order valence-electron chi connectivity index (χ1n) is 34.4. The highest BCUT2D eigenvalue weighted by atomic mass is 32.1. The van der Waals surface area contributed by atoms with E-state index in [9.17, 15) is 0 Å². The van der Waals surface area contributed by atoms with E-state index in [-0.39, 0.29) is 11.8 Å². The Bertz CT molecular complexity index is 2480. The molecule has 2 atom stereocenters. The van der Waals surface area contributed by atoms with Gasteiger partial charge in [0, 0.05) is 42.4 Å². The maximum atomic E-state index is 15.9. The number of fused-ring (bicyclic) bond motifs is 1. The smallest absolute Gasteiger partial charge is 0.261 e. The number of carbonyl (C=O) groups is 2. The van der Waals surface area contributed by atoms with E-state index in [0.29, 0.717) is 36.1 Å². The van der Waals surface area contributed by atoms with Gasteiger partial charge in [0.1, 0.15) is 0 Å². The Morgan fingerprint density at radius 1 is 0.329 bits per heavy atom. The van der Waals surface area contributed by atoms with Crippen LogP contribution in [0.5, 0.6) is 0 Å². The Balaban J connectivity index is 1.30. The SMILES string of the molecule is CCCCCCCCCCCCC(CCCCCCCCCC)CN1C(=O)C2=C(c3ccc(-c4ccc(/C=C/c5ccc(C)s5)s4)s3)N(CC(CCCCCCCCCC)CCCCCCCCCCCC)C(=O)C2=C1c1ccc(C)s1. The summed E-state index contributed by atoms with van der Waals surface area (Å²) in [5, 5.41) is 0. The van der Waals surface area contributed by atoms with Gasteiger partial charge in [-0.1, -0.05) is 259 Å². The van der Waals surface area contributed by atoms with E-state index in [0.717, 1.165) is 46.8 Å². The summed E-state index contributed by atoms with van der Waals surface area (Å²) in [7, 11) is 0. The second-order valence-corrected chi connectivity index (χ2v) is 29.8. The summed E-state index contributed by atoms with van der Waals surface area (Å²) in [6.45, 7) is 14.9. The molecule has 456 valence electrons. The molecule has 82 heavy (non-hydrogen) atoms. The topological polar surface area (TPSA) is 40.6 Å². The Kier molecular flexibility index (Phi) is 33.5. The fourth-order valence-corrected chi connectivity index (χ4v) is 16.6. The van der Waals surface area contributed by atoms with Crippen LogP contribution < -0.4 is 0 Å². The predicted molar refractivity (Wildman–Crippen MR) is 366 cm³/mol. The van der Waals surface area contributed by atoms with Gasteiger partial charge in [-0.05, 0) is 112 Å². The zero-order valence-electron chi connectivity index (χ0n) is 53.0. The van der Waals surface area contributed by atoms with Crippen LogP contribution in [0.4, 0.5) is 0 Å². The lowest BCUT2D eigenvalue weighted by molar-refractivity contribution is -0.124. The summed E-state index contributed by atoms with van der Waals surface area (Å²) >= 11 is 7.18. The van der Waals surface area contributed by atoms with E-state index in [1.807, 2.05) is 22.7 Å². The van der Waals surface area contributed by atoms with E-state index >= 15 is 9.59 Å².